The first kappa shape index (κ1) is 22.4. The molecule has 0 saturated carbocycles. The fourth-order valence-electron chi connectivity index (χ4n) is 3.50. The summed E-state index contributed by atoms with van der Waals surface area (Å²) in [7, 11) is 0. The molecule has 3 N–H and O–H groups in total. The molecule has 0 spiro atoms. The molecule has 0 aromatic rings. The third kappa shape index (κ3) is 5.81. The van der Waals surface area contributed by atoms with Crippen molar-refractivity contribution < 1.29 is 38.7 Å². The normalized spacial score (nSPS) is 23.6. The molecule has 2 saturated heterocycles. The van der Waals surface area contributed by atoms with Gasteiger partial charge in [0.05, 0.1) is 12.0 Å². The van der Waals surface area contributed by atoms with Gasteiger partial charge in [-0.15, -0.1) is 0 Å². The number of nitrogens with one attached hydrogen (secondary N) is 2. The predicted molar refractivity (Wildman–Crippen MR) is 97.2 cm³/mol. The van der Waals surface area contributed by atoms with Crippen molar-refractivity contribution in [1.82, 2.24) is 15.7 Å². The van der Waals surface area contributed by atoms with Gasteiger partial charge in [-0.1, -0.05) is 25.3 Å². The SMILES string of the molecule is CC(C)C(OC(=O)ON1C(=O)CCC1=O)C(CCCC1NC(=O)NC1C)C(=O)O. The number of hydrogen-bond donors (Lipinski definition) is 3. The second-order valence-electron chi connectivity index (χ2n) is 7.64. The van der Waals surface area contributed by atoms with E-state index in [1.807, 2.05) is 6.92 Å². The third-order valence-corrected chi connectivity index (χ3v) is 5.08. The van der Waals surface area contributed by atoms with E-state index in [0.717, 1.165) is 0 Å². The van der Waals surface area contributed by atoms with Crippen LogP contribution >= 0.6 is 0 Å². The number of carboxylic acid groups (broad SMARTS) is 1. The van der Waals surface area contributed by atoms with Crippen molar-refractivity contribution in [2.75, 3.05) is 0 Å². The molecular weight excluding hydrogens is 386 g/mol. The smallest absolute Gasteiger partial charge is 0.481 e. The molecular formula is C18H27N3O8. The van der Waals surface area contributed by atoms with Crippen LogP contribution in [0.15, 0.2) is 0 Å². The topological polar surface area (TPSA) is 151 Å². The lowest BCUT2D eigenvalue weighted by Crippen LogP contribution is -2.39. The Morgan fingerprint density at radius 1 is 1.17 bits per heavy atom. The lowest BCUT2D eigenvalue weighted by molar-refractivity contribution is -0.181. The van der Waals surface area contributed by atoms with Gasteiger partial charge in [-0.25, -0.2) is 9.59 Å². The molecule has 2 heterocycles. The highest BCUT2D eigenvalue weighted by Gasteiger charge is 2.38. The maximum Gasteiger partial charge on any atom is 0.534 e. The van der Waals surface area contributed by atoms with Crippen LogP contribution in [0.3, 0.4) is 0 Å². The molecule has 0 aromatic carbocycles. The fourth-order valence-corrected chi connectivity index (χ4v) is 3.50. The van der Waals surface area contributed by atoms with Crippen LogP contribution in [0.4, 0.5) is 9.59 Å². The molecule has 162 valence electrons. The molecule has 2 aliphatic heterocycles. The molecule has 0 bridgehead atoms. The molecule has 0 radical (unpaired) electrons. The quantitative estimate of drug-likeness (QED) is 0.376. The largest absolute Gasteiger partial charge is 0.534 e. The van der Waals surface area contributed by atoms with Crippen molar-refractivity contribution in [3.05, 3.63) is 0 Å². The highest BCUT2D eigenvalue weighted by Crippen LogP contribution is 2.25. The summed E-state index contributed by atoms with van der Waals surface area (Å²) in [6.45, 7) is 5.25. The number of carboxylic acids is 1. The van der Waals surface area contributed by atoms with E-state index in [1.165, 1.54) is 0 Å². The Bertz CT molecular complexity index is 664. The molecule has 2 aliphatic rings. The van der Waals surface area contributed by atoms with Gasteiger partial charge in [0, 0.05) is 18.9 Å². The lowest BCUT2D eigenvalue weighted by atomic mass is 9.88. The zero-order valence-corrected chi connectivity index (χ0v) is 16.7. The Labute approximate surface area is 168 Å². The zero-order valence-electron chi connectivity index (χ0n) is 16.7. The Morgan fingerprint density at radius 2 is 1.79 bits per heavy atom. The first-order valence-electron chi connectivity index (χ1n) is 9.64. The average Bonchev–Trinajstić information content (AvgIpc) is 3.11. The van der Waals surface area contributed by atoms with E-state index in [9.17, 15) is 29.1 Å². The summed E-state index contributed by atoms with van der Waals surface area (Å²) in [6, 6.07) is -0.421. The summed E-state index contributed by atoms with van der Waals surface area (Å²) < 4.78 is 5.18. The van der Waals surface area contributed by atoms with Gasteiger partial charge in [-0.05, 0) is 25.7 Å². The van der Waals surface area contributed by atoms with Gasteiger partial charge in [0.1, 0.15) is 6.10 Å². The average molecular weight is 413 g/mol. The van der Waals surface area contributed by atoms with E-state index in [4.69, 9.17) is 4.74 Å². The molecule has 2 rings (SSSR count). The minimum atomic E-state index is -1.29. The molecule has 4 atom stereocenters. The Balaban J connectivity index is 1.94. The number of aliphatic carboxylic acids is 1. The summed E-state index contributed by atoms with van der Waals surface area (Å²) in [4.78, 5) is 62.9. The number of hydrogen-bond acceptors (Lipinski definition) is 7. The van der Waals surface area contributed by atoms with E-state index in [0.29, 0.717) is 17.9 Å². The number of ether oxygens (including phenoxy) is 1. The van der Waals surface area contributed by atoms with E-state index < -0.39 is 36.0 Å². The second-order valence-corrected chi connectivity index (χ2v) is 7.64. The molecule has 29 heavy (non-hydrogen) atoms. The van der Waals surface area contributed by atoms with Crippen molar-refractivity contribution in [2.24, 2.45) is 11.8 Å². The van der Waals surface area contributed by atoms with Crippen LogP contribution in [-0.4, -0.2) is 58.3 Å². The highest BCUT2D eigenvalue weighted by molar-refractivity contribution is 6.01. The van der Waals surface area contributed by atoms with Crippen LogP contribution in [0.5, 0.6) is 0 Å². The molecule has 0 aliphatic carbocycles. The van der Waals surface area contributed by atoms with Gasteiger partial charge >= 0.3 is 18.2 Å². The molecule has 2 fully saturated rings. The van der Waals surface area contributed by atoms with Crippen LogP contribution in [0, 0.1) is 11.8 Å². The summed E-state index contributed by atoms with van der Waals surface area (Å²) >= 11 is 0. The first-order chi connectivity index (χ1) is 13.6. The van der Waals surface area contributed by atoms with E-state index >= 15 is 0 Å². The minimum Gasteiger partial charge on any atom is -0.481 e. The van der Waals surface area contributed by atoms with Crippen LogP contribution < -0.4 is 10.6 Å². The Kier molecular flexibility index (Phi) is 7.40. The molecule has 4 amide bonds. The Hall–Kier alpha value is -2.85. The van der Waals surface area contributed by atoms with Crippen LogP contribution in [-0.2, 0) is 24.0 Å². The summed E-state index contributed by atoms with van der Waals surface area (Å²) in [5.41, 5.74) is 0. The standard InChI is InChI=1S/C18H27N3O8/c1-9(2)15(28-18(27)29-21-13(22)7-8-14(21)23)11(16(24)25)5-4-6-12-10(3)19-17(26)20-12/h9-12,15H,4-8H2,1-3H3,(H,24,25)(H2,19,20,26). The highest BCUT2D eigenvalue weighted by atomic mass is 16.8. The van der Waals surface area contributed by atoms with Crippen molar-refractivity contribution in [3.8, 4) is 0 Å². The van der Waals surface area contributed by atoms with Crippen molar-refractivity contribution in [2.45, 2.75) is 71.1 Å². The number of nitrogens with zero attached hydrogens (tertiary/aromatic N) is 1. The summed E-state index contributed by atoms with van der Waals surface area (Å²) in [5.74, 6) is -3.78. The zero-order chi connectivity index (χ0) is 21.7. The van der Waals surface area contributed by atoms with Gasteiger partial charge in [0.25, 0.3) is 11.8 Å². The fraction of sp³-hybridized carbons (Fsp3) is 0.722. The van der Waals surface area contributed by atoms with Gasteiger partial charge in [-0.3, -0.25) is 19.2 Å². The Morgan fingerprint density at radius 3 is 2.28 bits per heavy atom. The van der Waals surface area contributed by atoms with Crippen LogP contribution in [0.1, 0.15) is 52.9 Å². The van der Waals surface area contributed by atoms with Crippen molar-refractivity contribution in [3.63, 3.8) is 0 Å². The van der Waals surface area contributed by atoms with Crippen molar-refractivity contribution in [1.29, 1.82) is 0 Å². The van der Waals surface area contributed by atoms with Gasteiger partial charge in [0.15, 0.2) is 0 Å². The summed E-state index contributed by atoms with van der Waals surface area (Å²) in [6.07, 6.45) is -1.15. The number of hydroxylamine groups is 2. The molecule has 0 aromatic heterocycles. The first-order valence-corrected chi connectivity index (χ1v) is 9.64. The lowest BCUT2D eigenvalue weighted by Gasteiger charge is -2.27. The van der Waals surface area contributed by atoms with E-state index in [-0.39, 0.29) is 43.3 Å². The summed E-state index contributed by atoms with van der Waals surface area (Å²) in [5, 5.41) is 15.5. The number of rotatable bonds is 9. The van der Waals surface area contributed by atoms with E-state index in [2.05, 4.69) is 15.5 Å². The second kappa shape index (κ2) is 9.57. The molecule has 11 heteroatoms. The van der Waals surface area contributed by atoms with Gasteiger partial charge in [-0.2, -0.15) is 0 Å². The number of imide groups is 1. The number of amides is 4. The maximum absolute atomic E-state index is 12.1. The monoisotopic (exact) mass is 413 g/mol. The van der Waals surface area contributed by atoms with Gasteiger partial charge in [0.2, 0.25) is 0 Å². The van der Waals surface area contributed by atoms with Gasteiger partial charge < -0.3 is 20.5 Å². The molecule has 11 nitrogen and oxygen atoms in total. The minimum absolute atomic E-state index is 0.0531. The third-order valence-electron chi connectivity index (χ3n) is 5.08. The van der Waals surface area contributed by atoms with E-state index in [1.54, 1.807) is 13.8 Å². The van der Waals surface area contributed by atoms with Crippen LogP contribution in [0.2, 0.25) is 0 Å². The molecule has 4 unspecified atom stereocenters. The van der Waals surface area contributed by atoms with Crippen molar-refractivity contribution >= 4 is 30.0 Å². The number of carbonyl (C=O) groups excluding carboxylic acids is 4. The number of urea groups is 1. The number of carbonyl (C=O) groups is 5. The predicted octanol–water partition coefficient (Wildman–Crippen LogP) is 1.17. The maximum atomic E-state index is 12.1. The van der Waals surface area contributed by atoms with Crippen LogP contribution in [0.25, 0.3) is 0 Å².